The minimum atomic E-state index is -0.600. The zero-order chi connectivity index (χ0) is 14.3. The highest BCUT2D eigenvalue weighted by molar-refractivity contribution is 6.34. The molecule has 1 saturated carbocycles. The van der Waals surface area contributed by atoms with Crippen LogP contribution in [0.3, 0.4) is 0 Å². The maximum atomic E-state index is 12.6. The molecular formula is C13H17ClN4O2. The summed E-state index contributed by atoms with van der Waals surface area (Å²) in [6.07, 6.45) is 4.65. The molecule has 1 aromatic rings. The maximum Gasteiger partial charge on any atom is 0.277 e. The van der Waals surface area contributed by atoms with Crippen molar-refractivity contribution in [2.45, 2.75) is 37.8 Å². The van der Waals surface area contributed by atoms with Crippen molar-refractivity contribution in [3.63, 3.8) is 0 Å². The predicted octanol–water partition coefficient (Wildman–Crippen LogP) is 1.41. The summed E-state index contributed by atoms with van der Waals surface area (Å²) in [5.41, 5.74) is 5.30. The number of rotatable bonds is 2. The lowest BCUT2D eigenvalue weighted by atomic mass is 9.89. The Morgan fingerprint density at radius 2 is 2.00 bits per heavy atom. The third kappa shape index (κ3) is 1.83. The molecule has 1 aromatic heterocycles. The molecule has 0 unspecified atom stereocenters. The first-order valence-electron chi connectivity index (χ1n) is 6.80. The van der Waals surface area contributed by atoms with Crippen molar-refractivity contribution in [1.29, 1.82) is 0 Å². The van der Waals surface area contributed by atoms with E-state index in [2.05, 4.69) is 16.2 Å². The van der Waals surface area contributed by atoms with Crippen LogP contribution in [0.2, 0.25) is 5.02 Å². The Morgan fingerprint density at radius 3 is 2.65 bits per heavy atom. The van der Waals surface area contributed by atoms with Gasteiger partial charge in [-0.15, -0.1) is 0 Å². The summed E-state index contributed by atoms with van der Waals surface area (Å²) in [5.74, 6) is -0.259. The van der Waals surface area contributed by atoms with Gasteiger partial charge >= 0.3 is 0 Å². The molecule has 6 nitrogen and oxygen atoms in total. The molecule has 0 radical (unpaired) electrons. The molecule has 1 spiro atoms. The Labute approximate surface area is 121 Å². The number of carbonyl (C=O) groups excluding carboxylic acids is 1. The maximum absolute atomic E-state index is 12.6. The van der Waals surface area contributed by atoms with Gasteiger partial charge < -0.3 is 10.7 Å². The number of hydrogen-bond acceptors (Lipinski definition) is 4. The van der Waals surface area contributed by atoms with E-state index in [9.17, 15) is 9.59 Å². The first-order valence-corrected chi connectivity index (χ1v) is 7.18. The van der Waals surface area contributed by atoms with Crippen molar-refractivity contribution in [1.82, 2.24) is 15.3 Å². The van der Waals surface area contributed by atoms with Gasteiger partial charge in [-0.1, -0.05) is 18.0 Å². The van der Waals surface area contributed by atoms with Gasteiger partial charge in [-0.05, 0) is 31.7 Å². The van der Waals surface area contributed by atoms with E-state index in [-0.39, 0.29) is 17.2 Å². The quantitative estimate of drug-likeness (QED) is 0.721. The van der Waals surface area contributed by atoms with E-state index in [1.807, 2.05) is 0 Å². The number of pyridine rings is 1. The number of aromatic nitrogens is 1. The van der Waals surface area contributed by atoms with E-state index in [1.165, 1.54) is 6.07 Å². The van der Waals surface area contributed by atoms with E-state index in [4.69, 9.17) is 11.6 Å². The number of anilines is 1. The Morgan fingerprint density at radius 1 is 1.30 bits per heavy atom. The van der Waals surface area contributed by atoms with Crippen LogP contribution in [0, 0.1) is 0 Å². The molecule has 1 fully saturated rings. The van der Waals surface area contributed by atoms with E-state index in [1.54, 1.807) is 11.6 Å². The molecule has 108 valence electrons. The highest BCUT2D eigenvalue weighted by Gasteiger charge is 2.45. The molecule has 20 heavy (non-hydrogen) atoms. The number of carbonyl (C=O) groups is 1. The molecular weight excluding hydrogens is 280 g/mol. The van der Waals surface area contributed by atoms with E-state index in [0.29, 0.717) is 10.7 Å². The first-order chi connectivity index (χ1) is 9.59. The predicted molar refractivity (Wildman–Crippen MR) is 76.9 cm³/mol. The lowest BCUT2D eigenvalue weighted by Crippen LogP contribution is -2.49. The second-order valence-corrected chi connectivity index (χ2v) is 5.72. The molecule has 0 saturated heterocycles. The number of nitrogens with zero attached hydrogens (tertiary/aromatic N) is 1. The number of hydrogen-bond donors (Lipinski definition) is 3. The van der Waals surface area contributed by atoms with Crippen LogP contribution >= 0.6 is 11.6 Å². The summed E-state index contributed by atoms with van der Waals surface area (Å²) < 4.78 is 1.55. The lowest BCUT2D eigenvalue weighted by molar-refractivity contribution is 0.0877. The highest BCUT2D eigenvalue weighted by atomic mass is 35.5. The monoisotopic (exact) mass is 296 g/mol. The van der Waals surface area contributed by atoms with Crippen LogP contribution in [0.1, 0.15) is 42.6 Å². The third-order valence-electron chi connectivity index (χ3n) is 4.08. The van der Waals surface area contributed by atoms with Gasteiger partial charge in [0.25, 0.3) is 11.5 Å². The number of halogens is 1. The number of fused-ring (bicyclic) bond motifs is 2. The molecule has 1 aliphatic heterocycles. The average molecular weight is 297 g/mol. The van der Waals surface area contributed by atoms with Gasteiger partial charge in [0.05, 0.1) is 5.02 Å². The highest BCUT2D eigenvalue weighted by Crippen LogP contribution is 2.38. The zero-order valence-corrected chi connectivity index (χ0v) is 12.0. The Bertz CT molecular complexity index is 620. The summed E-state index contributed by atoms with van der Waals surface area (Å²) in [7, 11) is 1.67. The summed E-state index contributed by atoms with van der Waals surface area (Å²) in [6.45, 7) is 0. The second kappa shape index (κ2) is 4.79. The van der Waals surface area contributed by atoms with Gasteiger partial charge in [0, 0.05) is 7.05 Å². The van der Waals surface area contributed by atoms with E-state index in [0.717, 1.165) is 32.1 Å². The molecule has 1 amide bonds. The van der Waals surface area contributed by atoms with Crippen molar-refractivity contribution >= 4 is 23.2 Å². The number of hydrazine groups is 1. The lowest BCUT2D eigenvalue weighted by Gasteiger charge is -2.35. The molecule has 7 heteroatoms. The zero-order valence-electron chi connectivity index (χ0n) is 11.3. The van der Waals surface area contributed by atoms with E-state index >= 15 is 0 Å². The molecule has 3 N–H and O–H groups in total. The minimum absolute atomic E-state index is 0.223. The fourth-order valence-corrected chi connectivity index (χ4v) is 3.52. The van der Waals surface area contributed by atoms with E-state index < -0.39 is 5.66 Å². The third-order valence-corrected chi connectivity index (χ3v) is 4.37. The van der Waals surface area contributed by atoms with Crippen LogP contribution in [0.15, 0.2) is 10.9 Å². The molecule has 1 aliphatic carbocycles. The molecule has 0 atom stereocenters. The molecule has 2 heterocycles. The number of nitrogens with one attached hydrogen (secondary N) is 3. The number of amides is 1. The second-order valence-electron chi connectivity index (χ2n) is 5.32. The average Bonchev–Trinajstić information content (AvgIpc) is 2.70. The Kier molecular flexibility index (Phi) is 3.22. The van der Waals surface area contributed by atoms with Gasteiger partial charge in [-0.3, -0.25) is 14.2 Å². The SMILES string of the molecule is CNNc1cc(Cl)c2n(c1=O)C1(CCCCC1)NC2=O. The standard InChI is InChI=1S/C13H17ClN4O2/c1-15-17-9-7-8(14)10-11(19)16-13(18(10)12(9)20)5-3-2-4-6-13/h7,15,17H,2-6H2,1H3,(H,16,19). The van der Waals surface area contributed by atoms with Crippen LogP contribution in [0.4, 0.5) is 5.69 Å². The van der Waals surface area contributed by atoms with Crippen LogP contribution in [-0.2, 0) is 5.66 Å². The van der Waals surface area contributed by atoms with Crippen molar-refractivity contribution in [2.24, 2.45) is 0 Å². The molecule has 3 rings (SSSR count). The van der Waals surface area contributed by atoms with Crippen LogP contribution in [0.5, 0.6) is 0 Å². The van der Waals surface area contributed by atoms with Crippen molar-refractivity contribution in [2.75, 3.05) is 12.5 Å². The topological polar surface area (TPSA) is 75.2 Å². The Balaban J connectivity index is 2.22. The summed E-state index contributed by atoms with van der Waals surface area (Å²) in [4.78, 5) is 24.8. The summed E-state index contributed by atoms with van der Waals surface area (Å²) in [6, 6.07) is 1.49. The van der Waals surface area contributed by atoms with Gasteiger partial charge in [-0.25, -0.2) is 5.43 Å². The summed E-state index contributed by atoms with van der Waals surface area (Å²) >= 11 is 6.19. The Hall–Kier alpha value is -1.53. The van der Waals surface area contributed by atoms with Gasteiger partial charge in [-0.2, -0.15) is 0 Å². The normalized spacial score (nSPS) is 19.8. The first kappa shape index (κ1) is 13.5. The smallest absolute Gasteiger partial charge is 0.277 e. The van der Waals surface area contributed by atoms with Crippen LogP contribution in [-0.4, -0.2) is 17.5 Å². The van der Waals surface area contributed by atoms with Crippen LogP contribution < -0.4 is 21.7 Å². The largest absolute Gasteiger partial charge is 0.327 e. The molecule has 0 bridgehead atoms. The summed E-state index contributed by atoms with van der Waals surface area (Å²) in [5, 5.41) is 3.27. The van der Waals surface area contributed by atoms with Crippen LogP contribution in [0.25, 0.3) is 0 Å². The minimum Gasteiger partial charge on any atom is -0.327 e. The van der Waals surface area contributed by atoms with Gasteiger partial charge in [0.1, 0.15) is 17.0 Å². The van der Waals surface area contributed by atoms with Crippen molar-refractivity contribution < 1.29 is 4.79 Å². The van der Waals surface area contributed by atoms with Crippen molar-refractivity contribution in [3.8, 4) is 0 Å². The fourth-order valence-electron chi connectivity index (χ4n) is 3.24. The van der Waals surface area contributed by atoms with Gasteiger partial charge in [0.15, 0.2) is 0 Å². The molecule has 2 aliphatic rings. The molecule has 0 aromatic carbocycles. The van der Waals surface area contributed by atoms with Crippen molar-refractivity contribution in [3.05, 3.63) is 27.1 Å². The fraction of sp³-hybridized carbons (Fsp3) is 0.538. The van der Waals surface area contributed by atoms with Gasteiger partial charge in [0.2, 0.25) is 0 Å².